The quantitative estimate of drug-likeness (QED) is 0.526. The van der Waals surface area contributed by atoms with Gasteiger partial charge in [0.25, 0.3) is 0 Å². The lowest BCUT2D eigenvalue weighted by Gasteiger charge is -2.26. The van der Waals surface area contributed by atoms with Crippen molar-refractivity contribution in [2.45, 2.75) is 11.3 Å². The van der Waals surface area contributed by atoms with E-state index in [2.05, 4.69) is 10.6 Å². The summed E-state index contributed by atoms with van der Waals surface area (Å²) in [5.41, 5.74) is 13.2. The maximum atomic E-state index is 6.04. The average Bonchev–Trinajstić information content (AvgIpc) is 2.41. The number of hydrogen-bond acceptors (Lipinski definition) is 4. The van der Waals surface area contributed by atoms with Crippen molar-refractivity contribution < 1.29 is 0 Å². The highest BCUT2D eigenvalue weighted by molar-refractivity contribution is 5.53. The Labute approximate surface area is 108 Å². The summed E-state index contributed by atoms with van der Waals surface area (Å²) in [5, 5.41) is 6.08. The third-order valence-electron chi connectivity index (χ3n) is 3.35. The topological polar surface area (TPSA) is 76.1 Å². The molecule has 0 fully saturated rings. The van der Waals surface area contributed by atoms with Crippen molar-refractivity contribution in [2.24, 2.45) is 11.5 Å². The lowest BCUT2D eigenvalue weighted by molar-refractivity contribution is 0.554. The Morgan fingerprint density at radius 1 is 0.722 bits per heavy atom. The summed E-state index contributed by atoms with van der Waals surface area (Å²) in [6.45, 7) is 0. The van der Waals surface area contributed by atoms with E-state index in [0.29, 0.717) is 0 Å². The lowest BCUT2D eigenvalue weighted by Crippen LogP contribution is -2.49. The van der Waals surface area contributed by atoms with Crippen molar-refractivity contribution in [2.75, 3.05) is 14.1 Å². The molecule has 0 atom stereocenters. The van der Waals surface area contributed by atoms with Crippen LogP contribution in [0.2, 0.25) is 0 Å². The predicted molar refractivity (Wildman–Crippen MR) is 75.5 cm³/mol. The average molecular weight is 244 g/mol. The second-order valence-electron chi connectivity index (χ2n) is 4.61. The number of rotatable bonds is 2. The molecule has 0 bridgehead atoms. The summed E-state index contributed by atoms with van der Waals surface area (Å²) >= 11 is 0. The number of nitrogens with two attached hydrogens (primary N) is 2. The third-order valence-corrected chi connectivity index (χ3v) is 3.35. The molecule has 0 aromatic heterocycles. The van der Waals surface area contributed by atoms with Gasteiger partial charge in [-0.15, -0.1) is 0 Å². The number of hydrogen-bond donors (Lipinski definition) is 4. The molecular formula is C14H20N4. The minimum absolute atomic E-state index is 0.547. The Morgan fingerprint density at radius 3 is 1.22 bits per heavy atom. The van der Waals surface area contributed by atoms with Gasteiger partial charge in [0.2, 0.25) is 0 Å². The molecule has 0 amide bonds. The number of nitrogens with one attached hydrogen (secondary N) is 2. The Balaban J connectivity index is 2.23. The zero-order valence-electron chi connectivity index (χ0n) is 10.8. The van der Waals surface area contributed by atoms with E-state index >= 15 is 0 Å². The van der Waals surface area contributed by atoms with E-state index in [1.165, 1.54) is 0 Å². The lowest BCUT2D eigenvalue weighted by atomic mass is 9.93. The molecule has 4 nitrogen and oxygen atoms in total. The largest absolute Gasteiger partial charge is 0.307 e. The van der Waals surface area contributed by atoms with Crippen molar-refractivity contribution in [3.63, 3.8) is 0 Å². The van der Waals surface area contributed by atoms with E-state index in [0.717, 1.165) is 11.1 Å². The third kappa shape index (κ3) is 2.52. The molecule has 0 saturated carbocycles. The van der Waals surface area contributed by atoms with Gasteiger partial charge in [0, 0.05) is 0 Å². The molecule has 18 heavy (non-hydrogen) atoms. The van der Waals surface area contributed by atoms with Gasteiger partial charge in [0.05, 0.1) is 0 Å². The molecule has 6 N–H and O–H groups in total. The van der Waals surface area contributed by atoms with Crippen molar-refractivity contribution in [1.82, 2.24) is 10.6 Å². The van der Waals surface area contributed by atoms with Gasteiger partial charge in [-0.1, -0.05) is 24.3 Å². The van der Waals surface area contributed by atoms with Crippen LogP contribution in [0.15, 0.2) is 59.8 Å². The molecule has 2 rings (SSSR count). The predicted octanol–water partition coefficient (Wildman–Crippen LogP) is 0.284. The molecule has 0 heterocycles. The molecule has 0 aromatic rings. The van der Waals surface area contributed by atoms with E-state index in [-0.39, 0.29) is 0 Å². The van der Waals surface area contributed by atoms with Crippen LogP contribution < -0.4 is 22.1 Å². The van der Waals surface area contributed by atoms with Crippen molar-refractivity contribution in [3.05, 3.63) is 59.8 Å². The molecule has 96 valence electrons. The monoisotopic (exact) mass is 244 g/mol. The van der Waals surface area contributed by atoms with Crippen LogP contribution in [-0.2, 0) is 0 Å². The van der Waals surface area contributed by atoms with Gasteiger partial charge in [0.1, 0.15) is 11.3 Å². The maximum Gasteiger partial charge on any atom is 0.105 e. The Hall–Kier alpha value is -1.46. The van der Waals surface area contributed by atoms with Crippen LogP contribution in [0.25, 0.3) is 0 Å². The van der Waals surface area contributed by atoms with Crippen molar-refractivity contribution in [1.29, 1.82) is 0 Å². The van der Waals surface area contributed by atoms with Crippen LogP contribution in [0.5, 0.6) is 0 Å². The fraction of sp³-hybridized carbons (Fsp3) is 0.286. The first-order valence-corrected chi connectivity index (χ1v) is 5.97. The van der Waals surface area contributed by atoms with E-state index in [9.17, 15) is 0 Å². The maximum absolute atomic E-state index is 6.04. The van der Waals surface area contributed by atoms with Crippen molar-refractivity contribution in [3.8, 4) is 0 Å². The second kappa shape index (κ2) is 4.66. The molecule has 2 aliphatic rings. The van der Waals surface area contributed by atoms with E-state index in [4.69, 9.17) is 11.5 Å². The Kier molecular flexibility index (Phi) is 3.36. The van der Waals surface area contributed by atoms with Gasteiger partial charge >= 0.3 is 0 Å². The first-order chi connectivity index (χ1) is 8.50. The number of allylic oxidation sites excluding steroid dienone is 6. The molecule has 0 saturated heterocycles. The highest BCUT2D eigenvalue weighted by atomic mass is 15.1. The van der Waals surface area contributed by atoms with Gasteiger partial charge < -0.3 is 11.5 Å². The van der Waals surface area contributed by atoms with E-state index < -0.39 is 11.3 Å². The molecule has 4 heteroatoms. The van der Waals surface area contributed by atoms with Crippen LogP contribution in [-0.4, -0.2) is 25.4 Å². The van der Waals surface area contributed by atoms with E-state index in [1.54, 1.807) is 0 Å². The van der Waals surface area contributed by atoms with Crippen LogP contribution in [0.3, 0.4) is 0 Å². The Bertz CT molecular complexity index is 404. The molecule has 0 aromatic carbocycles. The fourth-order valence-electron chi connectivity index (χ4n) is 1.85. The summed E-state index contributed by atoms with van der Waals surface area (Å²) in [7, 11) is 3.67. The molecule has 0 radical (unpaired) electrons. The fourth-order valence-corrected chi connectivity index (χ4v) is 1.85. The van der Waals surface area contributed by atoms with Gasteiger partial charge in [-0.2, -0.15) is 0 Å². The highest BCUT2D eigenvalue weighted by Crippen LogP contribution is 2.22. The standard InChI is InChI=1S/C14H20N4/c1-17-13(15)7-3-11(4-8-13)12-5-9-14(16,18-2)10-6-12/h3-10,17-18H,15-16H2,1-2H3. The summed E-state index contributed by atoms with van der Waals surface area (Å²) in [6, 6.07) is 0. The minimum Gasteiger partial charge on any atom is -0.307 e. The summed E-state index contributed by atoms with van der Waals surface area (Å²) in [4.78, 5) is 0. The first kappa shape index (κ1) is 13.0. The first-order valence-electron chi connectivity index (χ1n) is 5.97. The normalized spacial score (nSPS) is 34.4. The number of likely N-dealkylation sites (N-methyl/N-ethyl adjacent to an activating group) is 2. The molecule has 0 unspecified atom stereocenters. The van der Waals surface area contributed by atoms with Crippen LogP contribution in [0, 0.1) is 0 Å². The summed E-state index contributed by atoms with van der Waals surface area (Å²) < 4.78 is 0. The molecule has 2 aliphatic carbocycles. The smallest absolute Gasteiger partial charge is 0.105 e. The SMILES string of the molecule is CNC1(N)C=CC(=C2C=CC(N)(NC)C=C2)C=C1. The zero-order chi connectivity index (χ0) is 13.2. The van der Waals surface area contributed by atoms with Gasteiger partial charge in [-0.25, -0.2) is 0 Å². The molecule has 0 spiro atoms. The summed E-state index contributed by atoms with van der Waals surface area (Å²) in [6.07, 6.45) is 15.8. The molecule has 0 aliphatic heterocycles. The minimum atomic E-state index is -0.547. The Morgan fingerprint density at radius 2 is 1.00 bits per heavy atom. The second-order valence-corrected chi connectivity index (χ2v) is 4.61. The van der Waals surface area contributed by atoms with Gasteiger partial charge in [-0.05, 0) is 49.5 Å². The van der Waals surface area contributed by atoms with Crippen LogP contribution in [0.4, 0.5) is 0 Å². The van der Waals surface area contributed by atoms with Crippen LogP contribution >= 0.6 is 0 Å². The molecular weight excluding hydrogens is 224 g/mol. The summed E-state index contributed by atoms with van der Waals surface area (Å²) in [5.74, 6) is 0. The van der Waals surface area contributed by atoms with Crippen molar-refractivity contribution >= 4 is 0 Å². The van der Waals surface area contributed by atoms with Crippen LogP contribution in [0.1, 0.15) is 0 Å². The highest BCUT2D eigenvalue weighted by Gasteiger charge is 2.20. The zero-order valence-corrected chi connectivity index (χ0v) is 10.8. The van der Waals surface area contributed by atoms with E-state index in [1.807, 2.05) is 62.7 Å². The van der Waals surface area contributed by atoms with Gasteiger partial charge in [-0.3, -0.25) is 10.6 Å². The van der Waals surface area contributed by atoms with Gasteiger partial charge in [0.15, 0.2) is 0 Å².